The Morgan fingerprint density at radius 2 is 0.250 bits per heavy atom. The first-order valence-electron chi connectivity index (χ1n) is 45.0. The maximum Gasteiger partial charge on any atom is 0.641 e. The Balaban J connectivity index is 0.000000830. The molecule has 0 aromatic heterocycles. The second-order valence-corrected chi connectivity index (χ2v) is 118. The summed E-state index contributed by atoms with van der Waals surface area (Å²) in [4.78, 5) is 0. The van der Waals surface area contributed by atoms with Gasteiger partial charge < -0.3 is 107 Å². The van der Waals surface area contributed by atoms with Crippen LogP contribution in [0, 0.1) is 0 Å². The summed E-state index contributed by atoms with van der Waals surface area (Å²) in [6.07, 6.45) is 0. The maximum absolute atomic E-state index is 7.17. The van der Waals surface area contributed by atoms with Gasteiger partial charge in [0.25, 0.3) is 0 Å². The fourth-order valence-corrected chi connectivity index (χ4v) is 106. The molecule has 4 aromatic rings. The third-order valence-corrected chi connectivity index (χ3v) is 96.0. The van der Waals surface area contributed by atoms with Crippen molar-refractivity contribution in [2.45, 2.75) is 288 Å². The molecule has 56 heteroatoms. The van der Waals surface area contributed by atoms with Crippen LogP contribution < -0.4 is 20.7 Å². The van der Waals surface area contributed by atoms with E-state index in [9.17, 15) is 0 Å². The van der Waals surface area contributed by atoms with E-state index in [1.807, 2.05) is 85.9 Å². The van der Waals surface area contributed by atoms with Crippen LogP contribution >= 0.6 is 0 Å². The Morgan fingerprint density at radius 1 is 0.137 bits per heavy atom. The van der Waals surface area contributed by atoms with Crippen molar-refractivity contribution in [2.75, 3.05) is 0 Å². The molecule has 0 saturated heterocycles. The summed E-state index contributed by atoms with van der Waals surface area (Å²) in [6.45, 7) is 93.5. The lowest BCUT2D eigenvalue weighted by Gasteiger charge is -2.43. The van der Waals surface area contributed by atoms with Crippen LogP contribution in [0.25, 0.3) is 0 Å². The smallest absolute Gasteiger partial charge is 0.416 e. The summed E-state index contributed by atoms with van der Waals surface area (Å²) < 4.78 is 172. The van der Waals surface area contributed by atoms with E-state index in [-0.39, 0.29) is 0 Å². The number of benzene rings is 4. The van der Waals surface area contributed by atoms with Crippen LogP contribution in [0.2, 0.25) is 288 Å². The van der Waals surface area contributed by atoms with E-state index >= 15 is 0 Å². The lowest BCUT2D eigenvalue weighted by atomic mass is 10.4. The molecular formula is C68H172O26Si30. The molecule has 124 heavy (non-hydrogen) atoms. The molecule has 0 unspecified atom stereocenters. The van der Waals surface area contributed by atoms with Gasteiger partial charge in [-0.3, -0.25) is 0 Å². The summed E-state index contributed by atoms with van der Waals surface area (Å²) in [5, 5.41) is 3.98. The van der Waals surface area contributed by atoms with Gasteiger partial charge in [0.05, 0.1) is 0 Å². The minimum Gasteiger partial charge on any atom is -0.416 e. The molecule has 0 spiro atoms. The van der Waals surface area contributed by atoms with E-state index in [4.69, 9.17) is 107 Å². The number of hydrogen-bond donors (Lipinski definition) is 0. The summed E-state index contributed by atoms with van der Waals surface area (Å²) in [5.41, 5.74) is 0. The fraction of sp³-hybridized carbons (Fsp3) is 0.647. The second kappa shape index (κ2) is 59.6. The zero-order valence-corrected chi connectivity index (χ0v) is 118. The number of rotatable bonds is 56. The van der Waals surface area contributed by atoms with E-state index in [1.54, 1.807) is 0 Å². The Bertz CT molecular complexity index is 3080. The van der Waals surface area contributed by atoms with Crippen LogP contribution in [0.1, 0.15) is 0 Å². The van der Waals surface area contributed by atoms with Crippen LogP contribution in [-0.2, 0) is 107 Å². The van der Waals surface area contributed by atoms with Crippen LogP contribution in [0.4, 0.5) is 0 Å². The van der Waals surface area contributed by atoms with Crippen molar-refractivity contribution in [1.29, 1.82) is 0 Å². The highest BCUT2D eigenvalue weighted by molar-refractivity contribution is 6.98. The van der Waals surface area contributed by atoms with Crippen molar-refractivity contribution >= 4 is 290 Å². The van der Waals surface area contributed by atoms with Crippen LogP contribution in [0.3, 0.4) is 0 Å². The molecule has 0 saturated carbocycles. The Hall–Kier alpha value is 2.35. The highest BCUT2D eigenvalue weighted by atomic mass is 28.6. The van der Waals surface area contributed by atoms with E-state index in [0.29, 0.717) is 0 Å². The van der Waals surface area contributed by atoms with Gasteiger partial charge in [-0.05, 0) is 288 Å². The molecule has 0 fully saturated rings. The predicted molar refractivity (Wildman–Crippen MR) is 591 cm³/mol. The summed E-state index contributed by atoms with van der Waals surface area (Å²) in [5.74, 6) is 0. The fourth-order valence-electron chi connectivity index (χ4n) is 11.8. The van der Waals surface area contributed by atoms with Gasteiger partial charge in [0, 0.05) is 20.7 Å². The van der Waals surface area contributed by atoms with E-state index in [2.05, 4.69) is 324 Å². The van der Waals surface area contributed by atoms with Gasteiger partial charge in [-0.15, -0.1) is 0 Å². The molecular weight excluding hydrogens is 2080 g/mol. The maximum atomic E-state index is 7.17. The monoisotopic (exact) mass is 2240 g/mol. The molecule has 0 aliphatic rings. The summed E-state index contributed by atoms with van der Waals surface area (Å²) in [7, 11) is -62.1. The van der Waals surface area contributed by atoms with Crippen molar-refractivity contribution in [3.05, 3.63) is 121 Å². The second-order valence-electron chi connectivity index (χ2n) is 36.4. The highest BCUT2D eigenvalue weighted by Crippen LogP contribution is 2.33. The van der Waals surface area contributed by atoms with E-state index in [1.165, 1.54) is 0 Å². The van der Waals surface area contributed by atoms with E-state index in [0.717, 1.165) is 20.7 Å². The molecule has 0 heterocycles. The third kappa shape index (κ3) is 50.1. The lowest BCUT2D eigenvalue weighted by molar-refractivity contribution is 0.0758. The van der Waals surface area contributed by atoms with Gasteiger partial charge in [-0.25, -0.2) is 0 Å². The quantitative estimate of drug-likeness (QED) is 0.0373. The Morgan fingerprint density at radius 3 is 0.379 bits per heavy atom. The van der Waals surface area contributed by atoms with Gasteiger partial charge in [-0.1, -0.05) is 121 Å². The molecule has 4 rings (SSSR count). The van der Waals surface area contributed by atoms with Crippen molar-refractivity contribution < 1.29 is 107 Å². The van der Waals surface area contributed by atoms with Gasteiger partial charge >= 0.3 is 88.5 Å². The average molecular weight is 2250 g/mol. The first kappa shape index (κ1) is 124. The summed E-state index contributed by atoms with van der Waals surface area (Å²) in [6, 6.07) is 40.8. The van der Waals surface area contributed by atoms with Crippen LogP contribution in [-0.4, -0.2) is 269 Å². The van der Waals surface area contributed by atoms with Gasteiger partial charge in [-0.2, -0.15) is 0 Å². The molecule has 0 aliphatic carbocycles. The van der Waals surface area contributed by atoms with Crippen molar-refractivity contribution in [3.8, 4) is 0 Å². The molecule has 0 N–H and O–H groups in total. The predicted octanol–water partition coefficient (Wildman–Crippen LogP) is 10.6. The van der Waals surface area contributed by atoms with Crippen LogP contribution in [0.15, 0.2) is 121 Å². The Kier molecular flexibility index (Phi) is 59.8. The SMILES string of the molecule is C[SiH](C)O[Si](O[SiH](C)C)(O[SiH](C)C)O[Si](C)(C)O[Si](O[SiH](C)C)(O[SiH](C)C)O[SiH](C)C.C[SiH](C)O[Si](O[SiH](C)C)(O[SiH](C)C)O[Si](O[SiH](C)C)(O[SiH](C)C)O[SiH](C)C.C[SiH](C)O[Si](O[SiH](C)C)(O[Si](C)(C)O[Si](O[SiH](C)C)(O[SiH](C)C)c1ccccc1)c1ccccc1.C[SiH](C)O[Si](O[SiH](C)C)(O[Si](O[SiH](C)C)(O[SiH](C)C)c1ccccc1)c1ccccc1. The lowest BCUT2D eigenvalue weighted by Crippen LogP contribution is -2.72. The molecule has 0 atom stereocenters. The average Bonchev–Trinajstić information content (AvgIpc) is 0.772. The minimum absolute atomic E-state index is 0.994. The zero-order chi connectivity index (χ0) is 95.4. The summed E-state index contributed by atoms with van der Waals surface area (Å²) >= 11 is 0. The normalized spacial score (nSPS) is 13.7. The molecule has 0 amide bonds. The molecule has 0 aliphatic heterocycles. The van der Waals surface area contributed by atoms with Crippen molar-refractivity contribution in [3.63, 3.8) is 0 Å². The molecule has 0 bridgehead atoms. The molecule has 720 valence electrons. The van der Waals surface area contributed by atoms with Crippen molar-refractivity contribution in [1.82, 2.24) is 0 Å². The third-order valence-electron chi connectivity index (χ3n) is 14.2. The molecule has 0 radical (unpaired) electrons. The zero-order valence-electron chi connectivity index (χ0n) is 84.7. The largest absolute Gasteiger partial charge is 0.641 e. The Labute approximate surface area is 798 Å². The molecule has 4 aromatic carbocycles. The van der Waals surface area contributed by atoms with Gasteiger partial charge in [0.15, 0.2) is 181 Å². The highest BCUT2D eigenvalue weighted by Gasteiger charge is 2.63. The van der Waals surface area contributed by atoms with Crippen LogP contribution in [0.5, 0.6) is 0 Å². The standard InChI is InChI=1S/C22H44O6Si7.C20H38O5Si6.C14H48O8Si9.C12H42O7Si8/c1-29(2)23-34(24-30(3)4,21-17-13-11-14-18-21)27-33(9,10)28-35(25-31(5)6,26-32(7)8)22-19-15-12-16-20-22;1-26(2)21-30(22-27(3)4,19-15-11-9-12-16-19)25-31(23-28(5)6,24-29(7)8)20-17-13-10-14-18-20;1-23(2)15-30(16-24(3)4,17-25(5)6)21-29(13,14)22-31(18-26(7)8,19-27(9)10)20-28(11)12;1-20(2)13-26(14-21(3)4,15-22(5)6)19-27(16-23(7)8,17-24(9)10)18-25(11)12/h11-20,29-32H,1-10H3;9-18,26-29H,1-8H3;23-28H,1-14H3;20-25H,1-12H3. The topological polar surface area (TPSA) is 240 Å². The van der Waals surface area contributed by atoms with Gasteiger partial charge in [0.2, 0.25) is 0 Å². The minimum atomic E-state index is -3.38. The number of hydrogen-bond acceptors (Lipinski definition) is 26. The first-order chi connectivity index (χ1) is 57.0. The van der Waals surface area contributed by atoms with Gasteiger partial charge in [0.1, 0.15) is 0 Å². The van der Waals surface area contributed by atoms with Crippen molar-refractivity contribution in [2.24, 2.45) is 0 Å². The van der Waals surface area contributed by atoms with E-state index < -0.39 is 269 Å². The first-order valence-corrected chi connectivity index (χ1v) is 120. The molecule has 26 nitrogen and oxygen atoms in total.